The van der Waals surface area contributed by atoms with Crippen LogP contribution in [0, 0.1) is 11.8 Å². The Bertz CT molecular complexity index is 533. The molecular formula is C18H24O3. The van der Waals surface area contributed by atoms with Gasteiger partial charge in [0.15, 0.2) is 0 Å². The number of carbonyl (C=O) groups is 1. The number of rotatable bonds is 5. The van der Waals surface area contributed by atoms with Crippen LogP contribution in [0.5, 0.6) is 0 Å². The second-order valence-electron chi connectivity index (χ2n) is 5.73. The second kappa shape index (κ2) is 6.90. The van der Waals surface area contributed by atoms with Crippen molar-refractivity contribution in [1.82, 2.24) is 0 Å². The van der Waals surface area contributed by atoms with E-state index in [-0.39, 0.29) is 5.92 Å². The third-order valence-electron chi connectivity index (χ3n) is 4.54. The molecule has 21 heavy (non-hydrogen) atoms. The summed E-state index contributed by atoms with van der Waals surface area (Å²) in [7, 11) is 0. The average Bonchev–Trinajstić information content (AvgIpc) is 2.53. The number of aliphatic carboxylic acids is 1. The molecule has 0 bridgehead atoms. The molecule has 0 spiro atoms. The van der Waals surface area contributed by atoms with Crippen molar-refractivity contribution in [2.24, 2.45) is 11.8 Å². The number of hydrogen-bond acceptors (Lipinski definition) is 2. The Morgan fingerprint density at radius 1 is 1.19 bits per heavy atom. The molecule has 0 aromatic heterocycles. The molecule has 0 saturated carbocycles. The molecule has 0 fully saturated rings. The predicted octanol–water partition coefficient (Wildman–Crippen LogP) is 3.51. The van der Waals surface area contributed by atoms with Gasteiger partial charge in [-0.05, 0) is 42.4 Å². The van der Waals surface area contributed by atoms with Gasteiger partial charge in [0, 0.05) is 5.92 Å². The van der Waals surface area contributed by atoms with Crippen molar-refractivity contribution in [2.75, 3.05) is 0 Å². The zero-order valence-electron chi connectivity index (χ0n) is 12.7. The topological polar surface area (TPSA) is 57.5 Å². The van der Waals surface area contributed by atoms with Crippen LogP contribution in [-0.2, 0) is 17.6 Å². The Morgan fingerprint density at radius 3 is 2.48 bits per heavy atom. The Hall–Kier alpha value is -1.61. The molecule has 1 aliphatic rings. The van der Waals surface area contributed by atoms with Gasteiger partial charge in [0.05, 0.1) is 12.0 Å². The van der Waals surface area contributed by atoms with E-state index < -0.39 is 18.0 Å². The van der Waals surface area contributed by atoms with Crippen LogP contribution in [-0.4, -0.2) is 16.2 Å². The van der Waals surface area contributed by atoms with Gasteiger partial charge >= 0.3 is 5.97 Å². The lowest BCUT2D eigenvalue weighted by molar-refractivity contribution is -0.145. The summed E-state index contributed by atoms with van der Waals surface area (Å²) in [6, 6.07) is 6.05. The molecule has 3 atom stereocenters. The fourth-order valence-corrected chi connectivity index (χ4v) is 3.22. The molecule has 0 aliphatic heterocycles. The maximum Gasteiger partial charge on any atom is 0.307 e. The average molecular weight is 288 g/mol. The first-order chi connectivity index (χ1) is 10.1. The summed E-state index contributed by atoms with van der Waals surface area (Å²) in [5, 5.41) is 20.0. The molecule has 1 aromatic carbocycles. The standard InChI is InChI=1S/C18H24O3/c1-3-12-9-10-14(11-13(12)4-2)17(19)15-7-5-6-8-16(15)18(20)21/h5-6,9-11,15-17,19H,3-4,7-8H2,1-2H3,(H,20,21). The molecule has 3 heteroatoms. The molecule has 0 saturated heterocycles. The van der Waals surface area contributed by atoms with Gasteiger partial charge in [-0.25, -0.2) is 0 Å². The van der Waals surface area contributed by atoms with E-state index in [9.17, 15) is 15.0 Å². The fraction of sp³-hybridized carbons (Fsp3) is 0.500. The van der Waals surface area contributed by atoms with Gasteiger partial charge in [0.25, 0.3) is 0 Å². The first kappa shape index (κ1) is 15.8. The molecule has 114 valence electrons. The van der Waals surface area contributed by atoms with Gasteiger partial charge in [-0.15, -0.1) is 0 Å². The number of benzene rings is 1. The highest BCUT2D eigenvalue weighted by molar-refractivity contribution is 5.71. The summed E-state index contributed by atoms with van der Waals surface area (Å²) in [5.41, 5.74) is 3.38. The zero-order valence-corrected chi connectivity index (χ0v) is 12.7. The maximum absolute atomic E-state index is 11.4. The summed E-state index contributed by atoms with van der Waals surface area (Å²) in [5.74, 6) is -1.56. The molecule has 1 aromatic rings. The van der Waals surface area contributed by atoms with Crippen molar-refractivity contribution in [3.63, 3.8) is 0 Å². The van der Waals surface area contributed by atoms with E-state index in [1.807, 2.05) is 24.3 Å². The van der Waals surface area contributed by atoms with Crippen molar-refractivity contribution < 1.29 is 15.0 Å². The van der Waals surface area contributed by atoms with Crippen molar-refractivity contribution >= 4 is 5.97 Å². The molecule has 2 N–H and O–H groups in total. The van der Waals surface area contributed by atoms with Crippen LogP contribution in [0.4, 0.5) is 0 Å². The molecule has 1 aliphatic carbocycles. The van der Waals surface area contributed by atoms with Gasteiger partial charge < -0.3 is 10.2 Å². The minimum Gasteiger partial charge on any atom is -0.481 e. The molecule has 3 unspecified atom stereocenters. The summed E-state index contributed by atoms with van der Waals surface area (Å²) >= 11 is 0. The maximum atomic E-state index is 11.4. The van der Waals surface area contributed by atoms with Crippen LogP contribution in [0.1, 0.15) is 49.5 Å². The van der Waals surface area contributed by atoms with Crippen LogP contribution >= 0.6 is 0 Å². The molecule has 0 radical (unpaired) electrons. The van der Waals surface area contributed by atoms with Crippen LogP contribution in [0.25, 0.3) is 0 Å². The molecule has 2 rings (SSSR count). The van der Waals surface area contributed by atoms with Crippen molar-refractivity contribution in [1.29, 1.82) is 0 Å². The predicted molar refractivity (Wildman–Crippen MR) is 83.1 cm³/mol. The van der Waals surface area contributed by atoms with Crippen LogP contribution in [0.2, 0.25) is 0 Å². The van der Waals surface area contributed by atoms with E-state index in [2.05, 4.69) is 19.9 Å². The number of aliphatic hydroxyl groups excluding tert-OH is 1. The van der Waals surface area contributed by atoms with Gasteiger partial charge in [0.2, 0.25) is 0 Å². The van der Waals surface area contributed by atoms with E-state index in [0.717, 1.165) is 18.4 Å². The number of hydrogen-bond donors (Lipinski definition) is 2. The van der Waals surface area contributed by atoms with Crippen molar-refractivity contribution in [3.05, 3.63) is 47.0 Å². The largest absolute Gasteiger partial charge is 0.481 e. The third kappa shape index (κ3) is 3.35. The Kier molecular flexibility index (Phi) is 5.18. The summed E-state index contributed by atoms with van der Waals surface area (Å²) in [6.45, 7) is 4.23. The highest BCUT2D eigenvalue weighted by Crippen LogP contribution is 2.36. The number of allylic oxidation sites excluding steroid dienone is 2. The van der Waals surface area contributed by atoms with Gasteiger partial charge in [0.1, 0.15) is 0 Å². The summed E-state index contributed by atoms with van der Waals surface area (Å²) in [6.07, 6.45) is 6.20. The Balaban J connectivity index is 2.28. The second-order valence-corrected chi connectivity index (χ2v) is 5.73. The first-order valence-electron chi connectivity index (χ1n) is 7.76. The van der Waals surface area contributed by atoms with Crippen LogP contribution in [0.15, 0.2) is 30.4 Å². The lowest BCUT2D eigenvalue weighted by Gasteiger charge is -2.30. The van der Waals surface area contributed by atoms with Crippen molar-refractivity contribution in [2.45, 2.75) is 45.6 Å². The smallest absolute Gasteiger partial charge is 0.307 e. The lowest BCUT2D eigenvalue weighted by Crippen LogP contribution is -2.29. The molecule has 0 amide bonds. The van der Waals surface area contributed by atoms with E-state index in [0.29, 0.717) is 12.8 Å². The quantitative estimate of drug-likeness (QED) is 0.815. The zero-order chi connectivity index (χ0) is 15.4. The number of aliphatic hydroxyl groups is 1. The van der Waals surface area contributed by atoms with Gasteiger partial charge in [-0.2, -0.15) is 0 Å². The van der Waals surface area contributed by atoms with Crippen LogP contribution < -0.4 is 0 Å². The summed E-state index contributed by atoms with van der Waals surface area (Å²) in [4.78, 5) is 11.4. The van der Waals surface area contributed by atoms with Gasteiger partial charge in [-0.3, -0.25) is 4.79 Å². The SMILES string of the molecule is CCc1ccc(C(O)C2CC=CCC2C(=O)O)cc1CC. The monoisotopic (exact) mass is 288 g/mol. The number of aryl methyl sites for hydroxylation is 2. The third-order valence-corrected chi connectivity index (χ3v) is 4.54. The van der Waals surface area contributed by atoms with Gasteiger partial charge in [-0.1, -0.05) is 44.2 Å². The van der Waals surface area contributed by atoms with Crippen LogP contribution in [0.3, 0.4) is 0 Å². The molecular weight excluding hydrogens is 264 g/mol. The van der Waals surface area contributed by atoms with E-state index in [1.54, 1.807) is 0 Å². The van der Waals surface area contributed by atoms with Crippen molar-refractivity contribution in [3.8, 4) is 0 Å². The number of carboxylic acid groups (broad SMARTS) is 1. The van der Waals surface area contributed by atoms with E-state index >= 15 is 0 Å². The minimum absolute atomic E-state index is 0.246. The Labute approximate surface area is 126 Å². The van der Waals surface area contributed by atoms with E-state index in [4.69, 9.17) is 0 Å². The molecule has 3 nitrogen and oxygen atoms in total. The Morgan fingerprint density at radius 2 is 1.86 bits per heavy atom. The number of carboxylic acids is 1. The summed E-state index contributed by atoms with van der Waals surface area (Å²) < 4.78 is 0. The minimum atomic E-state index is -0.815. The molecule has 0 heterocycles. The lowest BCUT2D eigenvalue weighted by atomic mass is 9.77. The highest BCUT2D eigenvalue weighted by Gasteiger charge is 2.34. The fourth-order valence-electron chi connectivity index (χ4n) is 3.22. The highest BCUT2D eigenvalue weighted by atomic mass is 16.4. The normalized spacial score (nSPS) is 23.0. The van der Waals surface area contributed by atoms with E-state index in [1.165, 1.54) is 11.1 Å². The first-order valence-corrected chi connectivity index (χ1v) is 7.76.